The van der Waals surface area contributed by atoms with Gasteiger partial charge in [-0.05, 0) is 33.2 Å². The summed E-state index contributed by atoms with van der Waals surface area (Å²) in [5.74, 6) is 0.178. The molecule has 2 N–H and O–H groups in total. The number of carbonyl (C=O) groups excluding carboxylic acids is 1. The highest BCUT2D eigenvalue weighted by molar-refractivity contribution is 5.79. The summed E-state index contributed by atoms with van der Waals surface area (Å²) in [4.78, 5) is 11.1. The number of hydrogen-bond acceptors (Lipinski definition) is 3. The highest BCUT2D eigenvalue weighted by Crippen LogP contribution is 1.97. The van der Waals surface area contributed by atoms with Gasteiger partial charge in [0, 0.05) is 6.42 Å². The first kappa shape index (κ1) is 11.6. The Balaban J connectivity index is 3.22. The number of rotatable bonds is 7. The van der Waals surface area contributed by atoms with E-state index in [0.717, 1.165) is 12.8 Å². The number of unbranched alkanes of at least 4 members (excludes halogenated alkanes) is 1. The smallest absolute Gasteiger partial charge is 0.158 e. The van der Waals surface area contributed by atoms with Gasteiger partial charge in [0.25, 0.3) is 0 Å². The molecule has 0 aromatic heterocycles. The van der Waals surface area contributed by atoms with Crippen molar-refractivity contribution in [2.24, 2.45) is 5.73 Å². The van der Waals surface area contributed by atoms with Crippen molar-refractivity contribution in [2.75, 3.05) is 13.2 Å². The molecule has 0 bridgehead atoms. The molecule has 0 fully saturated rings. The van der Waals surface area contributed by atoms with E-state index in [9.17, 15) is 4.79 Å². The molecule has 0 unspecified atom stereocenters. The standard InChI is InChI=1S/C9H19NO2/c1-8(2)12-7-9(11)5-3-4-6-10/h8H,3-7,10H2,1-2H3. The van der Waals surface area contributed by atoms with Crippen molar-refractivity contribution in [3.63, 3.8) is 0 Å². The van der Waals surface area contributed by atoms with Crippen LogP contribution in [-0.4, -0.2) is 25.0 Å². The largest absolute Gasteiger partial charge is 0.371 e. The van der Waals surface area contributed by atoms with E-state index in [-0.39, 0.29) is 18.5 Å². The molecule has 72 valence electrons. The molecule has 0 saturated heterocycles. The molecule has 0 aliphatic heterocycles. The van der Waals surface area contributed by atoms with Crippen LogP contribution in [0.3, 0.4) is 0 Å². The second-order valence-electron chi connectivity index (χ2n) is 3.14. The van der Waals surface area contributed by atoms with Gasteiger partial charge in [-0.2, -0.15) is 0 Å². The maximum Gasteiger partial charge on any atom is 0.158 e. The van der Waals surface area contributed by atoms with Gasteiger partial charge in [0.15, 0.2) is 5.78 Å². The lowest BCUT2D eigenvalue weighted by Crippen LogP contribution is -2.13. The second kappa shape index (κ2) is 7.25. The van der Waals surface area contributed by atoms with Gasteiger partial charge < -0.3 is 10.5 Å². The Morgan fingerprint density at radius 3 is 2.58 bits per heavy atom. The maximum atomic E-state index is 11.1. The Morgan fingerprint density at radius 1 is 1.42 bits per heavy atom. The fourth-order valence-electron chi connectivity index (χ4n) is 0.798. The molecule has 0 atom stereocenters. The van der Waals surface area contributed by atoms with E-state index in [2.05, 4.69) is 0 Å². The summed E-state index contributed by atoms with van der Waals surface area (Å²) in [5, 5.41) is 0. The van der Waals surface area contributed by atoms with E-state index in [1.165, 1.54) is 0 Å². The summed E-state index contributed by atoms with van der Waals surface area (Å²) in [6.45, 7) is 4.76. The van der Waals surface area contributed by atoms with Crippen LogP contribution in [0, 0.1) is 0 Å². The third kappa shape index (κ3) is 7.69. The van der Waals surface area contributed by atoms with Gasteiger partial charge in [-0.3, -0.25) is 4.79 Å². The lowest BCUT2D eigenvalue weighted by Gasteiger charge is -2.05. The molecule has 0 aromatic rings. The minimum absolute atomic E-state index is 0.142. The first-order valence-electron chi connectivity index (χ1n) is 4.50. The van der Waals surface area contributed by atoms with Crippen molar-refractivity contribution >= 4 is 5.78 Å². The molecule has 0 amide bonds. The lowest BCUT2D eigenvalue weighted by molar-refractivity contribution is -0.125. The zero-order valence-electron chi connectivity index (χ0n) is 8.01. The number of Topliss-reactive ketones (excluding diaryl/α,β-unsaturated/α-hetero) is 1. The van der Waals surface area contributed by atoms with E-state index in [1.807, 2.05) is 13.8 Å². The highest BCUT2D eigenvalue weighted by Gasteiger charge is 2.02. The zero-order chi connectivity index (χ0) is 9.40. The van der Waals surface area contributed by atoms with Crippen molar-refractivity contribution in [1.82, 2.24) is 0 Å². The van der Waals surface area contributed by atoms with Crippen LogP contribution >= 0.6 is 0 Å². The predicted octanol–water partition coefficient (Wildman–Crippen LogP) is 1.11. The van der Waals surface area contributed by atoms with Gasteiger partial charge in [-0.25, -0.2) is 0 Å². The Bertz CT molecular complexity index is 124. The van der Waals surface area contributed by atoms with Crippen molar-refractivity contribution in [3.05, 3.63) is 0 Å². The number of hydrogen-bond donors (Lipinski definition) is 1. The fraction of sp³-hybridized carbons (Fsp3) is 0.889. The van der Waals surface area contributed by atoms with E-state index in [1.54, 1.807) is 0 Å². The Morgan fingerprint density at radius 2 is 2.08 bits per heavy atom. The molecule has 0 heterocycles. The third-order valence-corrected chi connectivity index (χ3v) is 1.49. The minimum atomic E-state index is 0.142. The van der Waals surface area contributed by atoms with Crippen LogP contribution in [0.2, 0.25) is 0 Å². The molecule has 12 heavy (non-hydrogen) atoms. The summed E-state index contributed by atoms with van der Waals surface area (Å²) in [6, 6.07) is 0. The monoisotopic (exact) mass is 173 g/mol. The number of carbonyl (C=O) groups is 1. The Hall–Kier alpha value is -0.410. The average Bonchev–Trinajstić information content (AvgIpc) is 2.01. The molecule has 3 heteroatoms. The van der Waals surface area contributed by atoms with Crippen LogP contribution in [0.4, 0.5) is 0 Å². The lowest BCUT2D eigenvalue weighted by atomic mass is 10.2. The van der Waals surface area contributed by atoms with E-state index in [4.69, 9.17) is 10.5 Å². The first-order chi connectivity index (χ1) is 5.66. The maximum absolute atomic E-state index is 11.1. The second-order valence-corrected chi connectivity index (χ2v) is 3.14. The predicted molar refractivity (Wildman–Crippen MR) is 49.0 cm³/mol. The summed E-state index contributed by atoms with van der Waals surface area (Å²) in [7, 11) is 0. The first-order valence-corrected chi connectivity index (χ1v) is 4.50. The van der Waals surface area contributed by atoms with E-state index >= 15 is 0 Å². The Kier molecular flexibility index (Phi) is 7.00. The van der Waals surface area contributed by atoms with Gasteiger partial charge in [-0.1, -0.05) is 0 Å². The van der Waals surface area contributed by atoms with Crippen LogP contribution < -0.4 is 5.73 Å². The summed E-state index contributed by atoms with van der Waals surface area (Å²) in [6.07, 6.45) is 2.55. The Labute approximate surface area is 74.3 Å². The SMILES string of the molecule is CC(C)OCC(=O)CCCCN. The number of nitrogens with two attached hydrogens (primary N) is 1. The van der Waals surface area contributed by atoms with Gasteiger partial charge in [0.2, 0.25) is 0 Å². The molecular weight excluding hydrogens is 154 g/mol. The molecule has 0 aromatic carbocycles. The van der Waals surface area contributed by atoms with E-state index < -0.39 is 0 Å². The van der Waals surface area contributed by atoms with Crippen LogP contribution in [0.5, 0.6) is 0 Å². The van der Waals surface area contributed by atoms with Gasteiger partial charge in [0.05, 0.1) is 6.10 Å². The molecule has 0 saturated carbocycles. The fourth-order valence-corrected chi connectivity index (χ4v) is 0.798. The highest BCUT2D eigenvalue weighted by atomic mass is 16.5. The summed E-state index contributed by atoms with van der Waals surface area (Å²) in [5.41, 5.74) is 5.29. The van der Waals surface area contributed by atoms with Crippen LogP contribution in [-0.2, 0) is 9.53 Å². The number of ether oxygens (including phenoxy) is 1. The summed E-state index contributed by atoms with van der Waals surface area (Å²) >= 11 is 0. The van der Waals surface area contributed by atoms with E-state index in [0.29, 0.717) is 13.0 Å². The molecular formula is C9H19NO2. The molecule has 0 aliphatic carbocycles. The topological polar surface area (TPSA) is 52.3 Å². The molecule has 0 radical (unpaired) electrons. The van der Waals surface area contributed by atoms with Crippen LogP contribution in [0.25, 0.3) is 0 Å². The molecule has 3 nitrogen and oxygen atoms in total. The van der Waals surface area contributed by atoms with Gasteiger partial charge in [0.1, 0.15) is 6.61 Å². The summed E-state index contributed by atoms with van der Waals surface area (Å²) < 4.78 is 5.15. The molecule has 0 rings (SSSR count). The van der Waals surface area contributed by atoms with Crippen LogP contribution in [0.1, 0.15) is 33.1 Å². The zero-order valence-corrected chi connectivity index (χ0v) is 8.01. The average molecular weight is 173 g/mol. The van der Waals surface area contributed by atoms with Gasteiger partial charge >= 0.3 is 0 Å². The quantitative estimate of drug-likeness (QED) is 0.587. The normalized spacial score (nSPS) is 10.7. The van der Waals surface area contributed by atoms with Gasteiger partial charge in [-0.15, -0.1) is 0 Å². The molecule has 0 spiro atoms. The minimum Gasteiger partial charge on any atom is -0.371 e. The van der Waals surface area contributed by atoms with Crippen molar-refractivity contribution < 1.29 is 9.53 Å². The third-order valence-electron chi connectivity index (χ3n) is 1.49. The molecule has 0 aliphatic rings. The van der Waals surface area contributed by atoms with Crippen molar-refractivity contribution in [2.45, 2.75) is 39.2 Å². The van der Waals surface area contributed by atoms with Crippen LogP contribution in [0.15, 0.2) is 0 Å². The van der Waals surface area contributed by atoms with Crippen molar-refractivity contribution in [3.8, 4) is 0 Å². The van der Waals surface area contributed by atoms with Crippen molar-refractivity contribution in [1.29, 1.82) is 0 Å². The number of ketones is 1.